The molecule has 6 heteroatoms. The molecule has 0 saturated heterocycles. The first-order valence-electron chi connectivity index (χ1n) is 4.45. The lowest BCUT2D eigenvalue weighted by Gasteiger charge is -2.15. The molecule has 1 heterocycles. The number of amides is 1. The Morgan fingerprint density at radius 2 is 2.40 bits per heavy atom. The summed E-state index contributed by atoms with van der Waals surface area (Å²) in [6.07, 6.45) is 1.70. The second-order valence-corrected chi connectivity index (χ2v) is 3.70. The highest BCUT2D eigenvalue weighted by Gasteiger charge is 2.08. The van der Waals surface area contributed by atoms with Gasteiger partial charge in [-0.15, -0.1) is 0 Å². The summed E-state index contributed by atoms with van der Waals surface area (Å²) in [7, 11) is 0. The van der Waals surface area contributed by atoms with Crippen LogP contribution in [0.25, 0.3) is 0 Å². The highest BCUT2D eigenvalue weighted by Crippen LogP contribution is 2.21. The van der Waals surface area contributed by atoms with Gasteiger partial charge in [0, 0.05) is 18.5 Å². The average molecular weight is 229 g/mol. The van der Waals surface area contributed by atoms with Gasteiger partial charge in [-0.3, -0.25) is 4.79 Å². The van der Waals surface area contributed by atoms with E-state index in [-0.39, 0.29) is 18.4 Å². The number of carbonyl (C=O) groups is 1. The number of nitrogen functional groups attached to an aromatic ring is 1. The summed E-state index contributed by atoms with van der Waals surface area (Å²) >= 11 is 5.71. The smallest absolute Gasteiger partial charge is 0.219 e. The van der Waals surface area contributed by atoms with Gasteiger partial charge < -0.3 is 16.8 Å². The zero-order valence-corrected chi connectivity index (χ0v) is 9.08. The van der Waals surface area contributed by atoms with Crippen LogP contribution in [0, 0.1) is 0 Å². The van der Waals surface area contributed by atoms with E-state index in [4.69, 9.17) is 23.1 Å². The second kappa shape index (κ2) is 4.84. The van der Waals surface area contributed by atoms with Crippen molar-refractivity contribution in [2.75, 3.05) is 11.1 Å². The van der Waals surface area contributed by atoms with Crippen molar-refractivity contribution in [1.29, 1.82) is 0 Å². The van der Waals surface area contributed by atoms with E-state index in [2.05, 4.69) is 10.3 Å². The molecule has 0 saturated carbocycles. The third kappa shape index (κ3) is 3.63. The predicted molar refractivity (Wildman–Crippen MR) is 60.6 cm³/mol. The minimum Gasteiger partial charge on any atom is -0.396 e. The Balaban J connectivity index is 2.71. The summed E-state index contributed by atoms with van der Waals surface area (Å²) in [6, 6.07) is 1.51. The number of hydrogen-bond donors (Lipinski definition) is 3. The second-order valence-electron chi connectivity index (χ2n) is 3.31. The molecule has 0 aromatic carbocycles. The van der Waals surface area contributed by atoms with Gasteiger partial charge in [0.15, 0.2) is 0 Å². The molecule has 1 unspecified atom stereocenters. The van der Waals surface area contributed by atoms with E-state index < -0.39 is 0 Å². The van der Waals surface area contributed by atoms with Crippen LogP contribution in [0.1, 0.15) is 13.3 Å². The number of pyridine rings is 1. The molecule has 0 aliphatic carbocycles. The lowest BCUT2D eigenvalue weighted by Crippen LogP contribution is -2.24. The normalized spacial score (nSPS) is 12.1. The molecule has 0 radical (unpaired) electrons. The van der Waals surface area contributed by atoms with Crippen LogP contribution in [-0.4, -0.2) is 16.9 Å². The number of nitrogens with two attached hydrogens (primary N) is 2. The monoisotopic (exact) mass is 228 g/mol. The molecule has 0 fully saturated rings. The number of primary amides is 1. The topological polar surface area (TPSA) is 94.0 Å². The molecule has 1 atom stereocenters. The number of anilines is 2. The van der Waals surface area contributed by atoms with E-state index in [1.807, 2.05) is 6.92 Å². The molecule has 1 rings (SSSR count). The minimum atomic E-state index is -0.367. The first kappa shape index (κ1) is 11.6. The van der Waals surface area contributed by atoms with Crippen molar-refractivity contribution in [2.24, 2.45) is 5.73 Å². The van der Waals surface area contributed by atoms with Gasteiger partial charge in [-0.05, 0) is 6.92 Å². The lowest BCUT2D eigenvalue weighted by atomic mass is 10.2. The van der Waals surface area contributed by atoms with Crippen molar-refractivity contribution < 1.29 is 4.79 Å². The third-order valence-corrected chi connectivity index (χ3v) is 2.02. The maximum absolute atomic E-state index is 10.7. The number of hydrogen-bond acceptors (Lipinski definition) is 4. The summed E-state index contributed by atoms with van der Waals surface area (Å²) in [6.45, 7) is 1.83. The molecule has 5 N–H and O–H groups in total. The molecule has 1 aromatic heterocycles. The van der Waals surface area contributed by atoms with Crippen molar-refractivity contribution >= 4 is 28.9 Å². The van der Waals surface area contributed by atoms with Crippen molar-refractivity contribution in [3.05, 3.63) is 17.4 Å². The number of nitrogens with one attached hydrogen (secondary N) is 1. The molecular formula is C9H13ClN4O. The third-order valence-electron chi connectivity index (χ3n) is 1.81. The summed E-state index contributed by atoms with van der Waals surface area (Å²) in [5, 5.41) is 3.38. The highest BCUT2D eigenvalue weighted by atomic mass is 35.5. The van der Waals surface area contributed by atoms with Crippen LogP contribution >= 0.6 is 11.6 Å². The molecule has 0 aliphatic rings. The maximum Gasteiger partial charge on any atom is 0.219 e. The quantitative estimate of drug-likeness (QED) is 0.670. The Morgan fingerprint density at radius 3 is 3.00 bits per heavy atom. The number of carbonyl (C=O) groups excluding carboxylic acids is 1. The standard InChI is InChI=1S/C9H13ClN4O/c1-5(2-9(12)15)14-7-3-8(10)13-4-6(7)11/h3-5H,2,11H2,1H3,(H2,12,15)(H,13,14). The fraction of sp³-hybridized carbons (Fsp3) is 0.333. The molecule has 0 bridgehead atoms. The van der Waals surface area contributed by atoms with Crippen molar-refractivity contribution in [3.63, 3.8) is 0 Å². The van der Waals surface area contributed by atoms with Crippen molar-refractivity contribution in [1.82, 2.24) is 4.98 Å². The maximum atomic E-state index is 10.7. The zero-order valence-electron chi connectivity index (χ0n) is 8.33. The van der Waals surface area contributed by atoms with Gasteiger partial charge in [0.1, 0.15) is 5.15 Å². The van der Waals surface area contributed by atoms with Gasteiger partial charge in [0.05, 0.1) is 17.6 Å². The molecule has 0 spiro atoms. The lowest BCUT2D eigenvalue weighted by molar-refractivity contribution is -0.118. The predicted octanol–water partition coefficient (Wildman–Crippen LogP) is 0.993. The first-order chi connectivity index (χ1) is 6.99. The SMILES string of the molecule is CC(CC(N)=O)Nc1cc(Cl)ncc1N. The van der Waals surface area contributed by atoms with E-state index in [0.717, 1.165) is 0 Å². The number of halogens is 1. The van der Waals surface area contributed by atoms with Crippen LogP contribution < -0.4 is 16.8 Å². The summed E-state index contributed by atoms with van der Waals surface area (Å²) in [5.41, 5.74) is 11.9. The Kier molecular flexibility index (Phi) is 3.74. The van der Waals surface area contributed by atoms with Crippen LogP contribution in [0.3, 0.4) is 0 Å². The van der Waals surface area contributed by atoms with Crippen LogP contribution in [0.4, 0.5) is 11.4 Å². The van der Waals surface area contributed by atoms with Crippen LogP contribution in [0.5, 0.6) is 0 Å². The Hall–Kier alpha value is -1.49. The fourth-order valence-electron chi connectivity index (χ4n) is 1.18. The van der Waals surface area contributed by atoms with Gasteiger partial charge in [0.2, 0.25) is 5.91 Å². The number of nitrogens with zero attached hydrogens (tertiary/aromatic N) is 1. The van der Waals surface area contributed by atoms with Crippen LogP contribution in [0.2, 0.25) is 5.15 Å². The molecule has 15 heavy (non-hydrogen) atoms. The summed E-state index contributed by atoms with van der Waals surface area (Å²) in [5.74, 6) is -0.367. The molecular weight excluding hydrogens is 216 g/mol. The van der Waals surface area contributed by atoms with Crippen LogP contribution in [0.15, 0.2) is 12.3 Å². The summed E-state index contributed by atoms with van der Waals surface area (Å²) < 4.78 is 0. The van der Waals surface area contributed by atoms with Gasteiger partial charge in [-0.2, -0.15) is 0 Å². The van der Waals surface area contributed by atoms with E-state index in [1.54, 1.807) is 6.07 Å². The Morgan fingerprint density at radius 1 is 1.73 bits per heavy atom. The van der Waals surface area contributed by atoms with E-state index in [1.165, 1.54) is 6.20 Å². The number of rotatable bonds is 4. The molecule has 1 amide bonds. The zero-order chi connectivity index (χ0) is 11.4. The van der Waals surface area contributed by atoms with E-state index in [9.17, 15) is 4.79 Å². The van der Waals surface area contributed by atoms with Gasteiger partial charge >= 0.3 is 0 Å². The number of aromatic nitrogens is 1. The van der Waals surface area contributed by atoms with E-state index in [0.29, 0.717) is 16.5 Å². The molecule has 5 nitrogen and oxygen atoms in total. The molecule has 82 valence electrons. The fourth-order valence-corrected chi connectivity index (χ4v) is 1.34. The Bertz CT molecular complexity index is 369. The van der Waals surface area contributed by atoms with Gasteiger partial charge in [-0.25, -0.2) is 4.98 Å². The van der Waals surface area contributed by atoms with Crippen LogP contribution in [-0.2, 0) is 4.79 Å². The van der Waals surface area contributed by atoms with Gasteiger partial charge in [-0.1, -0.05) is 11.6 Å². The highest BCUT2D eigenvalue weighted by molar-refractivity contribution is 6.29. The average Bonchev–Trinajstić information content (AvgIpc) is 2.10. The summed E-state index contributed by atoms with van der Waals surface area (Å²) in [4.78, 5) is 14.5. The van der Waals surface area contributed by atoms with E-state index >= 15 is 0 Å². The first-order valence-corrected chi connectivity index (χ1v) is 4.82. The Labute approximate surface area is 92.8 Å². The van der Waals surface area contributed by atoms with Gasteiger partial charge in [0.25, 0.3) is 0 Å². The largest absolute Gasteiger partial charge is 0.396 e. The van der Waals surface area contributed by atoms with Crippen molar-refractivity contribution in [2.45, 2.75) is 19.4 Å². The molecule has 0 aliphatic heterocycles. The van der Waals surface area contributed by atoms with Crippen molar-refractivity contribution in [3.8, 4) is 0 Å². The molecule has 1 aromatic rings. The minimum absolute atomic E-state index is 0.0942.